The predicted octanol–water partition coefficient (Wildman–Crippen LogP) is 4.53. The first-order valence-corrected chi connectivity index (χ1v) is 8.40. The van der Waals surface area contributed by atoms with Crippen LogP contribution in [-0.2, 0) is 6.54 Å². The Kier molecular flexibility index (Phi) is 5.14. The summed E-state index contributed by atoms with van der Waals surface area (Å²) >= 11 is 0. The lowest BCUT2D eigenvalue weighted by molar-refractivity contribution is 0.0572. The first-order chi connectivity index (χ1) is 11.2. The van der Waals surface area contributed by atoms with Gasteiger partial charge in [-0.05, 0) is 29.7 Å². The van der Waals surface area contributed by atoms with Crippen LogP contribution in [0.1, 0.15) is 19.4 Å². The smallest absolute Gasteiger partial charge is 0.133 e. The Balaban J connectivity index is 1.77. The van der Waals surface area contributed by atoms with E-state index in [-0.39, 0.29) is 6.10 Å². The summed E-state index contributed by atoms with van der Waals surface area (Å²) in [6.45, 7) is 6.50. The average molecular weight is 307 g/mol. The van der Waals surface area contributed by atoms with Gasteiger partial charge in [-0.15, -0.1) is 0 Å². The third kappa shape index (κ3) is 4.02. The summed E-state index contributed by atoms with van der Waals surface area (Å²) in [5.41, 5.74) is 1.35. The Morgan fingerprint density at radius 2 is 1.65 bits per heavy atom. The SMILES string of the molecule is CC(C)[C@H]1[C@H](Oc2ccccc2)C=CCN1Cc1ccccc1. The molecular weight excluding hydrogens is 282 g/mol. The molecule has 2 aromatic rings. The molecule has 1 aliphatic heterocycles. The summed E-state index contributed by atoms with van der Waals surface area (Å²) in [7, 11) is 0. The highest BCUT2D eigenvalue weighted by atomic mass is 16.5. The number of rotatable bonds is 5. The topological polar surface area (TPSA) is 12.5 Å². The zero-order valence-corrected chi connectivity index (χ0v) is 13.9. The summed E-state index contributed by atoms with van der Waals surface area (Å²) in [5.74, 6) is 1.46. The Bertz CT molecular complexity index is 621. The van der Waals surface area contributed by atoms with Gasteiger partial charge < -0.3 is 4.74 Å². The van der Waals surface area contributed by atoms with Gasteiger partial charge in [0.15, 0.2) is 0 Å². The highest BCUT2D eigenvalue weighted by Gasteiger charge is 2.32. The van der Waals surface area contributed by atoms with E-state index in [4.69, 9.17) is 4.74 Å². The molecule has 0 fully saturated rings. The van der Waals surface area contributed by atoms with Crippen molar-refractivity contribution in [3.8, 4) is 5.75 Å². The standard InChI is InChI=1S/C21H25NO/c1-17(2)21-20(23-19-12-7-4-8-13-19)14-9-15-22(21)16-18-10-5-3-6-11-18/h3-14,17,20-21H,15-16H2,1-2H3/t20-,21+/m1/s1. The molecule has 2 heteroatoms. The highest BCUT2D eigenvalue weighted by molar-refractivity contribution is 5.23. The summed E-state index contributed by atoms with van der Waals surface area (Å²) in [6, 6.07) is 21.2. The van der Waals surface area contributed by atoms with Crippen molar-refractivity contribution in [3.63, 3.8) is 0 Å². The molecule has 120 valence electrons. The second-order valence-corrected chi connectivity index (χ2v) is 6.47. The molecule has 23 heavy (non-hydrogen) atoms. The minimum absolute atomic E-state index is 0.0925. The number of hydrogen-bond donors (Lipinski definition) is 0. The van der Waals surface area contributed by atoms with Gasteiger partial charge in [-0.2, -0.15) is 0 Å². The van der Waals surface area contributed by atoms with Crippen LogP contribution in [0.5, 0.6) is 5.75 Å². The van der Waals surface area contributed by atoms with Crippen LogP contribution >= 0.6 is 0 Å². The lowest BCUT2D eigenvalue weighted by atomic mass is 9.93. The van der Waals surface area contributed by atoms with Crippen LogP contribution < -0.4 is 4.74 Å². The van der Waals surface area contributed by atoms with E-state index in [1.54, 1.807) is 0 Å². The van der Waals surface area contributed by atoms with Crippen molar-refractivity contribution in [2.75, 3.05) is 6.54 Å². The van der Waals surface area contributed by atoms with Crippen LogP contribution in [0, 0.1) is 5.92 Å². The van der Waals surface area contributed by atoms with Crippen LogP contribution in [0.15, 0.2) is 72.8 Å². The fourth-order valence-corrected chi connectivity index (χ4v) is 3.33. The van der Waals surface area contributed by atoms with Crippen molar-refractivity contribution >= 4 is 0 Å². The largest absolute Gasteiger partial charge is 0.485 e. The molecule has 0 unspecified atom stereocenters. The summed E-state index contributed by atoms with van der Waals surface area (Å²) in [6.07, 6.45) is 4.55. The van der Waals surface area contributed by atoms with Crippen molar-refractivity contribution in [1.29, 1.82) is 0 Å². The molecule has 0 amide bonds. The fourth-order valence-electron chi connectivity index (χ4n) is 3.33. The molecule has 1 aliphatic rings. The van der Waals surface area contributed by atoms with Crippen molar-refractivity contribution in [2.24, 2.45) is 5.92 Å². The van der Waals surface area contributed by atoms with E-state index in [0.717, 1.165) is 18.8 Å². The number of ether oxygens (including phenoxy) is 1. The number of benzene rings is 2. The number of hydrogen-bond acceptors (Lipinski definition) is 2. The molecule has 0 radical (unpaired) electrons. The third-order valence-corrected chi connectivity index (χ3v) is 4.35. The van der Waals surface area contributed by atoms with E-state index in [1.807, 2.05) is 30.3 Å². The van der Waals surface area contributed by atoms with Gasteiger partial charge in [0.2, 0.25) is 0 Å². The molecule has 2 atom stereocenters. The van der Waals surface area contributed by atoms with E-state index in [2.05, 4.69) is 61.2 Å². The van der Waals surface area contributed by atoms with Crippen molar-refractivity contribution in [2.45, 2.75) is 32.5 Å². The zero-order valence-electron chi connectivity index (χ0n) is 13.9. The van der Waals surface area contributed by atoms with Crippen molar-refractivity contribution in [3.05, 3.63) is 78.4 Å². The molecule has 0 saturated heterocycles. The average Bonchev–Trinajstić information content (AvgIpc) is 2.56. The lowest BCUT2D eigenvalue weighted by Gasteiger charge is -2.40. The molecule has 0 bridgehead atoms. The van der Waals surface area contributed by atoms with Gasteiger partial charge in [0.05, 0.1) is 6.04 Å². The molecule has 0 N–H and O–H groups in total. The van der Waals surface area contributed by atoms with Gasteiger partial charge in [-0.3, -0.25) is 4.90 Å². The Hall–Kier alpha value is -2.06. The molecule has 1 heterocycles. The normalized spacial score (nSPS) is 21.5. The minimum Gasteiger partial charge on any atom is -0.485 e. The Labute approximate surface area is 139 Å². The van der Waals surface area contributed by atoms with Gasteiger partial charge in [-0.1, -0.05) is 68.5 Å². The van der Waals surface area contributed by atoms with Crippen LogP contribution in [0.4, 0.5) is 0 Å². The summed E-state index contributed by atoms with van der Waals surface area (Å²) in [4.78, 5) is 2.52. The van der Waals surface area contributed by atoms with E-state index in [9.17, 15) is 0 Å². The summed E-state index contributed by atoms with van der Waals surface area (Å²) < 4.78 is 6.27. The van der Waals surface area contributed by atoms with Crippen LogP contribution in [0.25, 0.3) is 0 Å². The fraction of sp³-hybridized carbons (Fsp3) is 0.333. The third-order valence-electron chi connectivity index (χ3n) is 4.35. The molecule has 3 rings (SSSR count). The zero-order chi connectivity index (χ0) is 16.1. The van der Waals surface area contributed by atoms with Gasteiger partial charge in [-0.25, -0.2) is 0 Å². The second kappa shape index (κ2) is 7.47. The maximum atomic E-state index is 6.27. The van der Waals surface area contributed by atoms with E-state index < -0.39 is 0 Å². The number of para-hydroxylation sites is 1. The maximum absolute atomic E-state index is 6.27. The van der Waals surface area contributed by atoms with Gasteiger partial charge in [0.25, 0.3) is 0 Å². The summed E-state index contributed by atoms with van der Waals surface area (Å²) in [5, 5.41) is 0. The van der Waals surface area contributed by atoms with Crippen LogP contribution in [-0.4, -0.2) is 23.6 Å². The van der Waals surface area contributed by atoms with Crippen LogP contribution in [0.3, 0.4) is 0 Å². The predicted molar refractivity (Wildman–Crippen MR) is 95.5 cm³/mol. The van der Waals surface area contributed by atoms with E-state index in [1.165, 1.54) is 5.56 Å². The first-order valence-electron chi connectivity index (χ1n) is 8.40. The van der Waals surface area contributed by atoms with E-state index in [0.29, 0.717) is 12.0 Å². The van der Waals surface area contributed by atoms with Gasteiger partial charge >= 0.3 is 0 Å². The Morgan fingerprint density at radius 1 is 1.00 bits per heavy atom. The van der Waals surface area contributed by atoms with Gasteiger partial charge in [0.1, 0.15) is 11.9 Å². The maximum Gasteiger partial charge on any atom is 0.133 e. The van der Waals surface area contributed by atoms with E-state index >= 15 is 0 Å². The van der Waals surface area contributed by atoms with Gasteiger partial charge in [0, 0.05) is 13.1 Å². The molecule has 0 aromatic heterocycles. The quantitative estimate of drug-likeness (QED) is 0.752. The van der Waals surface area contributed by atoms with Crippen molar-refractivity contribution in [1.82, 2.24) is 4.90 Å². The molecule has 0 spiro atoms. The van der Waals surface area contributed by atoms with Crippen LogP contribution in [0.2, 0.25) is 0 Å². The van der Waals surface area contributed by atoms with Crippen molar-refractivity contribution < 1.29 is 4.74 Å². The highest BCUT2D eigenvalue weighted by Crippen LogP contribution is 2.25. The molecule has 2 nitrogen and oxygen atoms in total. The lowest BCUT2D eigenvalue weighted by Crippen LogP contribution is -2.50. The molecule has 2 aromatic carbocycles. The minimum atomic E-state index is 0.0925. The molecular formula is C21H25NO. The second-order valence-electron chi connectivity index (χ2n) is 6.47. The number of nitrogens with zero attached hydrogens (tertiary/aromatic N) is 1. The monoisotopic (exact) mass is 307 g/mol. The molecule has 0 saturated carbocycles. The first kappa shape index (κ1) is 15.8. The Morgan fingerprint density at radius 3 is 2.30 bits per heavy atom. The molecule has 0 aliphatic carbocycles.